The second kappa shape index (κ2) is 8.17. The maximum absolute atomic E-state index is 13.0. The first-order valence-corrected chi connectivity index (χ1v) is 6.59. The zero-order valence-electron chi connectivity index (χ0n) is 11.1. The number of hydrogen-bond acceptors (Lipinski definition) is 2. The van der Waals surface area contributed by atoms with Crippen molar-refractivity contribution in [1.29, 1.82) is 0 Å². The number of carbonyl (C=O) groups excluding carboxylic acids is 1. The standard InChI is InChI=1S/C14H18F2N2O.ClH/c15-12-5-4-10(8-13(12)16)2-1-3-14(19)18-11-6-7-17-9-11;/h4-5,8,11,17H,1-3,6-7,9H2,(H,18,19);1H. The van der Waals surface area contributed by atoms with E-state index in [9.17, 15) is 13.6 Å². The summed E-state index contributed by atoms with van der Waals surface area (Å²) >= 11 is 0. The van der Waals surface area contributed by atoms with Crippen molar-refractivity contribution in [3.05, 3.63) is 35.4 Å². The predicted octanol–water partition coefficient (Wildman–Crippen LogP) is 2.19. The van der Waals surface area contributed by atoms with E-state index in [0.717, 1.165) is 25.6 Å². The fourth-order valence-corrected chi connectivity index (χ4v) is 2.23. The maximum atomic E-state index is 13.0. The van der Waals surface area contributed by atoms with Gasteiger partial charge in [-0.15, -0.1) is 12.4 Å². The topological polar surface area (TPSA) is 41.1 Å². The van der Waals surface area contributed by atoms with Gasteiger partial charge in [-0.05, 0) is 43.5 Å². The van der Waals surface area contributed by atoms with Crippen LogP contribution in [0.2, 0.25) is 0 Å². The lowest BCUT2D eigenvalue weighted by atomic mass is 10.1. The molecule has 6 heteroatoms. The minimum Gasteiger partial charge on any atom is -0.352 e. The Balaban J connectivity index is 0.00000200. The van der Waals surface area contributed by atoms with Gasteiger partial charge < -0.3 is 10.6 Å². The van der Waals surface area contributed by atoms with Gasteiger partial charge in [0.2, 0.25) is 5.91 Å². The number of halogens is 3. The molecule has 0 radical (unpaired) electrons. The van der Waals surface area contributed by atoms with E-state index < -0.39 is 11.6 Å². The Bertz CT molecular complexity index is 451. The molecule has 1 atom stereocenters. The third-order valence-electron chi connectivity index (χ3n) is 3.28. The summed E-state index contributed by atoms with van der Waals surface area (Å²) < 4.78 is 25.7. The minimum absolute atomic E-state index is 0. The smallest absolute Gasteiger partial charge is 0.220 e. The summed E-state index contributed by atoms with van der Waals surface area (Å²) in [5.74, 6) is -1.65. The maximum Gasteiger partial charge on any atom is 0.220 e. The minimum atomic E-state index is -0.838. The van der Waals surface area contributed by atoms with Gasteiger partial charge >= 0.3 is 0 Å². The highest BCUT2D eigenvalue weighted by atomic mass is 35.5. The third kappa shape index (κ3) is 5.06. The molecule has 1 saturated heterocycles. The molecule has 0 spiro atoms. The summed E-state index contributed by atoms with van der Waals surface area (Å²) in [6.07, 6.45) is 2.59. The van der Waals surface area contributed by atoms with E-state index in [1.807, 2.05) is 0 Å². The zero-order chi connectivity index (χ0) is 13.7. The van der Waals surface area contributed by atoms with E-state index in [1.165, 1.54) is 6.07 Å². The van der Waals surface area contributed by atoms with Gasteiger partial charge in [0.1, 0.15) is 0 Å². The predicted molar refractivity (Wildman–Crippen MR) is 76.0 cm³/mol. The molecular formula is C14H19ClF2N2O. The molecular weight excluding hydrogens is 286 g/mol. The number of hydrogen-bond donors (Lipinski definition) is 2. The highest BCUT2D eigenvalue weighted by Crippen LogP contribution is 2.11. The van der Waals surface area contributed by atoms with E-state index >= 15 is 0 Å². The van der Waals surface area contributed by atoms with Crippen molar-refractivity contribution in [3.63, 3.8) is 0 Å². The molecule has 0 aliphatic carbocycles. The first kappa shape index (κ1) is 16.9. The van der Waals surface area contributed by atoms with E-state index in [0.29, 0.717) is 24.8 Å². The fraction of sp³-hybridized carbons (Fsp3) is 0.500. The van der Waals surface area contributed by atoms with Crippen molar-refractivity contribution >= 4 is 18.3 Å². The molecule has 0 saturated carbocycles. The fourth-order valence-electron chi connectivity index (χ4n) is 2.23. The molecule has 1 aromatic rings. The van der Waals surface area contributed by atoms with Crippen LogP contribution < -0.4 is 10.6 Å². The molecule has 1 aliphatic rings. The summed E-state index contributed by atoms with van der Waals surface area (Å²) in [5, 5.41) is 6.13. The molecule has 0 aromatic heterocycles. The van der Waals surface area contributed by atoms with Gasteiger partial charge in [-0.2, -0.15) is 0 Å². The Kier molecular flexibility index (Phi) is 6.88. The average Bonchev–Trinajstić information content (AvgIpc) is 2.86. The van der Waals surface area contributed by atoms with Gasteiger partial charge in [0.25, 0.3) is 0 Å². The number of aryl methyl sites for hydroxylation is 1. The summed E-state index contributed by atoms with van der Waals surface area (Å²) in [7, 11) is 0. The Morgan fingerprint density at radius 1 is 1.35 bits per heavy atom. The van der Waals surface area contributed by atoms with Gasteiger partial charge in [-0.1, -0.05) is 6.07 Å². The molecule has 2 rings (SSSR count). The van der Waals surface area contributed by atoms with Crippen molar-refractivity contribution in [2.75, 3.05) is 13.1 Å². The summed E-state index contributed by atoms with van der Waals surface area (Å²) in [6.45, 7) is 1.77. The van der Waals surface area contributed by atoms with Crippen molar-refractivity contribution < 1.29 is 13.6 Å². The molecule has 1 aliphatic heterocycles. The third-order valence-corrected chi connectivity index (χ3v) is 3.28. The lowest BCUT2D eigenvalue weighted by Crippen LogP contribution is -2.36. The molecule has 0 bridgehead atoms. The van der Waals surface area contributed by atoms with Crippen LogP contribution in [0, 0.1) is 11.6 Å². The van der Waals surface area contributed by atoms with E-state index in [2.05, 4.69) is 10.6 Å². The molecule has 1 aromatic carbocycles. The van der Waals surface area contributed by atoms with Crippen molar-refractivity contribution in [2.24, 2.45) is 0 Å². The molecule has 1 amide bonds. The van der Waals surface area contributed by atoms with Gasteiger partial charge in [0.05, 0.1) is 0 Å². The largest absolute Gasteiger partial charge is 0.352 e. The Labute approximate surface area is 123 Å². The molecule has 112 valence electrons. The monoisotopic (exact) mass is 304 g/mol. The van der Waals surface area contributed by atoms with Crippen LogP contribution in [0.1, 0.15) is 24.8 Å². The lowest BCUT2D eigenvalue weighted by molar-refractivity contribution is -0.121. The number of rotatable bonds is 5. The highest BCUT2D eigenvalue weighted by molar-refractivity contribution is 5.85. The first-order chi connectivity index (χ1) is 9.15. The summed E-state index contributed by atoms with van der Waals surface area (Å²) in [4.78, 5) is 11.6. The van der Waals surface area contributed by atoms with Gasteiger partial charge in [0, 0.05) is 19.0 Å². The number of nitrogens with one attached hydrogen (secondary N) is 2. The second-order valence-corrected chi connectivity index (χ2v) is 4.86. The van der Waals surface area contributed by atoms with E-state index in [1.54, 1.807) is 6.07 Å². The Morgan fingerprint density at radius 2 is 2.15 bits per heavy atom. The van der Waals surface area contributed by atoms with Crippen LogP contribution in [0.25, 0.3) is 0 Å². The molecule has 1 unspecified atom stereocenters. The van der Waals surface area contributed by atoms with E-state index in [-0.39, 0.29) is 24.4 Å². The molecule has 1 heterocycles. The number of amides is 1. The van der Waals surface area contributed by atoms with Crippen LogP contribution in [0.4, 0.5) is 8.78 Å². The van der Waals surface area contributed by atoms with Crippen molar-refractivity contribution in [1.82, 2.24) is 10.6 Å². The van der Waals surface area contributed by atoms with Crippen molar-refractivity contribution in [2.45, 2.75) is 31.7 Å². The number of benzene rings is 1. The van der Waals surface area contributed by atoms with Gasteiger partial charge in [-0.25, -0.2) is 8.78 Å². The van der Waals surface area contributed by atoms with Crippen LogP contribution in [0.15, 0.2) is 18.2 Å². The molecule has 2 N–H and O–H groups in total. The normalized spacial score (nSPS) is 17.6. The Hall–Kier alpha value is -1.20. The Morgan fingerprint density at radius 3 is 2.80 bits per heavy atom. The van der Waals surface area contributed by atoms with Crippen LogP contribution >= 0.6 is 12.4 Å². The first-order valence-electron chi connectivity index (χ1n) is 6.59. The zero-order valence-corrected chi connectivity index (χ0v) is 11.9. The van der Waals surface area contributed by atoms with Gasteiger partial charge in [0.15, 0.2) is 11.6 Å². The SMILES string of the molecule is Cl.O=C(CCCc1ccc(F)c(F)c1)NC1CCNC1. The lowest BCUT2D eigenvalue weighted by Gasteiger charge is -2.11. The van der Waals surface area contributed by atoms with Crippen LogP contribution in [-0.2, 0) is 11.2 Å². The second-order valence-electron chi connectivity index (χ2n) is 4.86. The molecule has 1 fully saturated rings. The molecule has 20 heavy (non-hydrogen) atoms. The van der Waals surface area contributed by atoms with Crippen molar-refractivity contribution in [3.8, 4) is 0 Å². The number of carbonyl (C=O) groups is 1. The van der Waals surface area contributed by atoms with Gasteiger partial charge in [-0.3, -0.25) is 4.79 Å². The van der Waals surface area contributed by atoms with Crippen LogP contribution in [0.5, 0.6) is 0 Å². The highest BCUT2D eigenvalue weighted by Gasteiger charge is 2.16. The summed E-state index contributed by atoms with van der Waals surface area (Å²) in [5.41, 5.74) is 0.717. The molecule has 3 nitrogen and oxygen atoms in total. The van der Waals surface area contributed by atoms with E-state index in [4.69, 9.17) is 0 Å². The van der Waals surface area contributed by atoms with Crippen LogP contribution in [-0.4, -0.2) is 25.0 Å². The quantitative estimate of drug-likeness (QED) is 0.875. The van der Waals surface area contributed by atoms with Crippen LogP contribution in [0.3, 0.4) is 0 Å². The summed E-state index contributed by atoms with van der Waals surface area (Å²) in [6, 6.07) is 4.09. The average molecular weight is 305 g/mol.